The summed E-state index contributed by atoms with van der Waals surface area (Å²) in [4.78, 5) is 12.1. The van der Waals surface area contributed by atoms with Crippen LogP contribution in [-0.2, 0) is 0 Å². The molecule has 0 aromatic heterocycles. The molecule has 0 unspecified atom stereocenters. The molecule has 4 nitrogen and oxygen atoms in total. The van der Waals surface area contributed by atoms with Gasteiger partial charge in [-0.15, -0.1) is 0 Å². The molecule has 3 N–H and O–H groups in total. The Morgan fingerprint density at radius 3 is 2.65 bits per heavy atom. The van der Waals surface area contributed by atoms with Crippen molar-refractivity contribution in [1.29, 1.82) is 0 Å². The number of hydrogen-bond acceptors (Lipinski definition) is 3. The van der Waals surface area contributed by atoms with Gasteiger partial charge in [0.2, 0.25) is 0 Å². The SMILES string of the molecule is COc1cc(C(=O)Nc2ccc(C)c(F)c2)ccc1N. The predicted octanol–water partition coefficient (Wildman–Crippen LogP) is 2.98. The second-order valence-corrected chi connectivity index (χ2v) is 4.37. The number of halogens is 1. The number of carbonyl (C=O) groups is 1. The van der Waals surface area contributed by atoms with Gasteiger partial charge in [-0.25, -0.2) is 4.39 Å². The molecule has 0 saturated heterocycles. The summed E-state index contributed by atoms with van der Waals surface area (Å²) in [5.74, 6) is -0.294. The summed E-state index contributed by atoms with van der Waals surface area (Å²) in [5, 5.41) is 2.62. The third-order valence-corrected chi connectivity index (χ3v) is 2.93. The van der Waals surface area contributed by atoms with Crippen LogP contribution >= 0.6 is 0 Å². The van der Waals surface area contributed by atoms with Crippen molar-refractivity contribution in [3.63, 3.8) is 0 Å². The average Bonchev–Trinajstić information content (AvgIpc) is 2.43. The first-order valence-corrected chi connectivity index (χ1v) is 6.02. The van der Waals surface area contributed by atoms with Crippen molar-refractivity contribution < 1.29 is 13.9 Å². The van der Waals surface area contributed by atoms with E-state index >= 15 is 0 Å². The molecule has 0 aliphatic rings. The van der Waals surface area contributed by atoms with Gasteiger partial charge in [-0.2, -0.15) is 0 Å². The van der Waals surface area contributed by atoms with Crippen molar-refractivity contribution in [2.24, 2.45) is 0 Å². The first kappa shape index (κ1) is 13.9. The lowest BCUT2D eigenvalue weighted by Crippen LogP contribution is -2.12. The molecule has 0 saturated carbocycles. The van der Waals surface area contributed by atoms with E-state index in [0.717, 1.165) is 0 Å². The van der Waals surface area contributed by atoms with Gasteiger partial charge in [-0.3, -0.25) is 4.79 Å². The van der Waals surface area contributed by atoms with E-state index in [1.807, 2.05) is 0 Å². The number of rotatable bonds is 3. The Morgan fingerprint density at radius 2 is 2.00 bits per heavy atom. The van der Waals surface area contributed by atoms with Crippen LogP contribution in [0.2, 0.25) is 0 Å². The Kier molecular flexibility index (Phi) is 3.89. The highest BCUT2D eigenvalue weighted by Crippen LogP contribution is 2.23. The van der Waals surface area contributed by atoms with Gasteiger partial charge in [0.15, 0.2) is 0 Å². The van der Waals surface area contributed by atoms with Gasteiger partial charge in [0.05, 0.1) is 12.8 Å². The second kappa shape index (κ2) is 5.61. The summed E-state index contributed by atoms with van der Waals surface area (Å²) in [6, 6.07) is 9.23. The number of ether oxygens (including phenoxy) is 1. The Hall–Kier alpha value is -2.56. The van der Waals surface area contributed by atoms with Crippen molar-refractivity contribution in [2.75, 3.05) is 18.2 Å². The molecule has 0 aliphatic heterocycles. The fourth-order valence-electron chi connectivity index (χ4n) is 1.73. The Balaban J connectivity index is 2.21. The number of amides is 1. The Morgan fingerprint density at radius 1 is 1.25 bits per heavy atom. The quantitative estimate of drug-likeness (QED) is 0.846. The van der Waals surface area contributed by atoms with Gasteiger partial charge in [0, 0.05) is 11.3 Å². The number of carbonyl (C=O) groups excluding carboxylic acids is 1. The van der Waals surface area contributed by atoms with E-state index in [-0.39, 0.29) is 11.7 Å². The smallest absolute Gasteiger partial charge is 0.255 e. The first-order valence-electron chi connectivity index (χ1n) is 6.02. The number of benzene rings is 2. The van der Waals surface area contributed by atoms with Crippen molar-refractivity contribution in [3.05, 3.63) is 53.3 Å². The maximum Gasteiger partial charge on any atom is 0.255 e. The van der Waals surface area contributed by atoms with Gasteiger partial charge >= 0.3 is 0 Å². The molecule has 0 spiro atoms. The van der Waals surface area contributed by atoms with Crippen LogP contribution in [0.15, 0.2) is 36.4 Å². The van der Waals surface area contributed by atoms with Crippen LogP contribution in [0.5, 0.6) is 5.75 Å². The van der Waals surface area contributed by atoms with Gasteiger partial charge < -0.3 is 15.8 Å². The van der Waals surface area contributed by atoms with Crippen molar-refractivity contribution in [3.8, 4) is 5.75 Å². The monoisotopic (exact) mass is 274 g/mol. The number of nitrogen functional groups attached to an aromatic ring is 1. The van der Waals surface area contributed by atoms with Crippen LogP contribution in [0.1, 0.15) is 15.9 Å². The standard InChI is InChI=1S/C15H15FN2O2/c1-9-3-5-11(8-12(9)16)18-15(19)10-4-6-13(17)14(7-10)20-2/h3-8H,17H2,1-2H3,(H,18,19). The molecule has 2 aromatic carbocycles. The number of nitrogens with two attached hydrogens (primary N) is 1. The molecular formula is C15H15FN2O2. The van der Waals surface area contributed by atoms with Crippen LogP contribution in [-0.4, -0.2) is 13.0 Å². The van der Waals surface area contributed by atoms with Gasteiger partial charge in [-0.05, 0) is 42.8 Å². The maximum atomic E-state index is 13.4. The molecule has 20 heavy (non-hydrogen) atoms. The highest BCUT2D eigenvalue weighted by Gasteiger charge is 2.10. The Bertz CT molecular complexity index is 656. The zero-order valence-electron chi connectivity index (χ0n) is 11.2. The lowest BCUT2D eigenvalue weighted by atomic mass is 10.1. The van der Waals surface area contributed by atoms with Crippen molar-refractivity contribution in [1.82, 2.24) is 0 Å². The normalized spacial score (nSPS) is 10.2. The summed E-state index contributed by atoms with van der Waals surface area (Å²) in [6.07, 6.45) is 0. The molecule has 1 amide bonds. The zero-order chi connectivity index (χ0) is 14.7. The molecule has 0 aliphatic carbocycles. The number of hydrogen-bond donors (Lipinski definition) is 2. The molecule has 0 radical (unpaired) electrons. The van der Waals surface area contributed by atoms with Crippen LogP contribution in [0.3, 0.4) is 0 Å². The average molecular weight is 274 g/mol. The van der Waals surface area contributed by atoms with Crippen molar-refractivity contribution in [2.45, 2.75) is 6.92 Å². The van der Waals surface area contributed by atoms with E-state index in [1.54, 1.807) is 31.2 Å². The fourth-order valence-corrected chi connectivity index (χ4v) is 1.73. The highest BCUT2D eigenvalue weighted by molar-refractivity contribution is 6.04. The summed E-state index contributed by atoms with van der Waals surface area (Å²) >= 11 is 0. The minimum Gasteiger partial charge on any atom is -0.495 e. The van der Waals surface area contributed by atoms with Crippen LogP contribution < -0.4 is 15.8 Å². The van der Waals surface area contributed by atoms with Crippen molar-refractivity contribution >= 4 is 17.3 Å². The minimum atomic E-state index is -0.363. The summed E-state index contributed by atoms with van der Waals surface area (Å²) < 4.78 is 18.5. The van der Waals surface area contributed by atoms with Gasteiger partial charge in [-0.1, -0.05) is 6.07 Å². The van der Waals surface area contributed by atoms with Gasteiger partial charge in [0.1, 0.15) is 11.6 Å². The summed E-state index contributed by atoms with van der Waals surface area (Å²) in [5.41, 5.74) is 7.44. The topological polar surface area (TPSA) is 64.3 Å². The largest absolute Gasteiger partial charge is 0.495 e. The van der Waals surface area contributed by atoms with E-state index in [4.69, 9.17) is 10.5 Å². The third-order valence-electron chi connectivity index (χ3n) is 2.93. The lowest BCUT2D eigenvalue weighted by Gasteiger charge is -2.09. The third kappa shape index (κ3) is 2.88. The molecule has 0 fully saturated rings. The number of nitrogens with one attached hydrogen (secondary N) is 1. The number of aryl methyl sites for hydroxylation is 1. The van der Waals surface area contributed by atoms with E-state index in [9.17, 15) is 9.18 Å². The minimum absolute atomic E-state index is 0.355. The molecule has 0 heterocycles. The number of methoxy groups -OCH3 is 1. The van der Waals surface area contributed by atoms with E-state index in [0.29, 0.717) is 28.3 Å². The van der Waals surface area contributed by atoms with Crippen LogP contribution in [0, 0.1) is 12.7 Å². The predicted molar refractivity (Wildman–Crippen MR) is 76.5 cm³/mol. The molecule has 0 atom stereocenters. The molecule has 5 heteroatoms. The molecule has 2 aromatic rings. The Labute approximate surface area is 116 Å². The molecule has 2 rings (SSSR count). The summed E-state index contributed by atoms with van der Waals surface area (Å²) in [6.45, 7) is 1.66. The number of anilines is 2. The zero-order valence-corrected chi connectivity index (χ0v) is 11.2. The maximum absolute atomic E-state index is 13.4. The molecular weight excluding hydrogens is 259 g/mol. The highest BCUT2D eigenvalue weighted by atomic mass is 19.1. The first-order chi connectivity index (χ1) is 9.51. The second-order valence-electron chi connectivity index (χ2n) is 4.37. The van der Waals surface area contributed by atoms with E-state index < -0.39 is 0 Å². The fraction of sp³-hybridized carbons (Fsp3) is 0.133. The molecule has 104 valence electrons. The van der Waals surface area contributed by atoms with E-state index in [1.165, 1.54) is 19.2 Å². The van der Waals surface area contributed by atoms with Crippen LogP contribution in [0.25, 0.3) is 0 Å². The van der Waals surface area contributed by atoms with Crippen LogP contribution in [0.4, 0.5) is 15.8 Å². The van der Waals surface area contributed by atoms with Gasteiger partial charge in [0.25, 0.3) is 5.91 Å². The molecule has 0 bridgehead atoms. The summed E-state index contributed by atoms with van der Waals surface area (Å²) in [7, 11) is 1.47. The van der Waals surface area contributed by atoms with E-state index in [2.05, 4.69) is 5.32 Å². The lowest BCUT2D eigenvalue weighted by molar-refractivity contribution is 0.102.